The molecule has 1 aliphatic rings. The maximum Gasteiger partial charge on any atom is 0.243 e. The van der Waals surface area contributed by atoms with Crippen LogP contribution in [-0.2, 0) is 16.4 Å². The molecule has 0 saturated carbocycles. The van der Waals surface area contributed by atoms with Gasteiger partial charge in [-0.05, 0) is 42.3 Å². The van der Waals surface area contributed by atoms with Crippen molar-refractivity contribution in [3.63, 3.8) is 0 Å². The summed E-state index contributed by atoms with van der Waals surface area (Å²) in [6, 6.07) is 16.2. The number of sulfonamides is 1. The minimum Gasteiger partial charge on any atom is -0.353 e. The highest BCUT2D eigenvalue weighted by atomic mass is 35.5. The zero-order chi connectivity index (χ0) is 24.6. The van der Waals surface area contributed by atoms with Crippen LogP contribution in [0.5, 0.6) is 0 Å². The molecule has 8 nitrogen and oxygen atoms in total. The number of hydrogen-bond acceptors (Lipinski definition) is 6. The Labute approximate surface area is 210 Å². The second-order valence-electron chi connectivity index (χ2n) is 9.04. The number of fused-ring (bicyclic) bond motifs is 1. The lowest BCUT2D eigenvalue weighted by Crippen LogP contribution is -2.49. The number of nitrogens with zero attached hydrogens (tertiary/aromatic N) is 6. The molecule has 3 heterocycles. The molecule has 10 heteroatoms. The van der Waals surface area contributed by atoms with E-state index in [0.29, 0.717) is 37.1 Å². The highest BCUT2D eigenvalue weighted by Gasteiger charge is 2.30. The average molecular weight is 511 g/mol. The van der Waals surface area contributed by atoms with Crippen LogP contribution in [0.3, 0.4) is 0 Å². The number of halogens is 1. The Hall–Kier alpha value is -3.01. The van der Waals surface area contributed by atoms with Crippen LogP contribution in [0.15, 0.2) is 65.7 Å². The number of hydrogen-bond donors (Lipinski definition) is 0. The lowest BCUT2D eigenvalue weighted by molar-refractivity contribution is 0.384. The third kappa shape index (κ3) is 4.76. The van der Waals surface area contributed by atoms with Crippen molar-refractivity contribution in [1.29, 1.82) is 0 Å². The monoisotopic (exact) mass is 510 g/mol. The van der Waals surface area contributed by atoms with Gasteiger partial charge in [-0.25, -0.2) is 23.1 Å². The lowest BCUT2D eigenvalue weighted by Gasteiger charge is -2.35. The summed E-state index contributed by atoms with van der Waals surface area (Å²) in [5, 5.41) is 5.98. The van der Waals surface area contributed by atoms with Crippen LogP contribution >= 0.6 is 11.6 Å². The van der Waals surface area contributed by atoms with Gasteiger partial charge in [-0.3, -0.25) is 0 Å². The van der Waals surface area contributed by atoms with Crippen molar-refractivity contribution < 1.29 is 8.42 Å². The quantitative estimate of drug-likeness (QED) is 0.387. The van der Waals surface area contributed by atoms with Gasteiger partial charge in [-0.2, -0.15) is 9.40 Å². The SMILES string of the molecule is CC(C)Cc1nc(N2CCN(S(=O)(=O)c3ccc(Cl)cc3)CC2)c2cnn(-c3ccccc3)c2n1. The lowest BCUT2D eigenvalue weighted by atomic mass is 10.1. The van der Waals surface area contributed by atoms with Gasteiger partial charge in [0.15, 0.2) is 5.65 Å². The number of piperazine rings is 1. The Morgan fingerprint density at radius 3 is 2.29 bits per heavy atom. The van der Waals surface area contributed by atoms with E-state index in [0.717, 1.165) is 34.8 Å². The molecule has 0 spiro atoms. The molecule has 1 aliphatic heterocycles. The molecule has 35 heavy (non-hydrogen) atoms. The van der Waals surface area contributed by atoms with Gasteiger partial charge in [0.1, 0.15) is 11.6 Å². The number of anilines is 1. The second-order valence-corrected chi connectivity index (χ2v) is 11.4. The fraction of sp³-hybridized carbons (Fsp3) is 0.320. The highest BCUT2D eigenvalue weighted by Crippen LogP contribution is 2.28. The number of benzene rings is 2. The first-order valence-electron chi connectivity index (χ1n) is 11.6. The fourth-order valence-electron chi connectivity index (χ4n) is 4.29. The van der Waals surface area contributed by atoms with Gasteiger partial charge in [-0.15, -0.1) is 0 Å². The van der Waals surface area contributed by atoms with E-state index in [-0.39, 0.29) is 4.90 Å². The Morgan fingerprint density at radius 2 is 1.63 bits per heavy atom. The van der Waals surface area contributed by atoms with Crippen molar-refractivity contribution >= 4 is 38.5 Å². The van der Waals surface area contributed by atoms with Gasteiger partial charge >= 0.3 is 0 Å². The molecule has 0 N–H and O–H groups in total. The van der Waals surface area contributed by atoms with E-state index in [9.17, 15) is 8.42 Å². The van der Waals surface area contributed by atoms with E-state index >= 15 is 0 Å². The van der Waals surface area contributed by atoms with Crippen LogP contribution in [0.2, 0.25) is 5.02 Å². The van der Waals surface area contributed by atoms with Gasteiger partial charge in [0.2, 0.25) is 10.0 Å². The number of aromatic nitrogens is 4. The maximum atomic E-state index is 13.1. The molecule has 0 aliphatic carbocycles. The smallest absolute Gasteiger partial charge is 0.243 e. The Kier molecular flexibility index (Phi) is 6.48. The minimum atomic E-state index is -3.58. The third-order valence-corrected chi connectivity index (χ3v) is 8.20. The average Bonchev–Trinajstić information content (AvgIpc) is 3.28. The topological polar surface area (TPSA) is 84.2 Å². The van der Waals surface area contributed by atoms with Crippen LogP contribution in [-0.4, -0.2) is 58.7 Å². The standard InChI is InChI=1S/C25H27ClN6O2S/c1-18(2)16-23-28-24(22-17-27-32(25(22)29-23)20-6-4-3-5-7-20)30-12-14-31(15-13-30)35(33,34)21-10-8-19(26)9-11-21/h3-11,17-18H,12-16H2,1-2H3. The van der Waals surface area contributed by atoms with Crippen molar-refractivity contribution in [1.82, 2.24) is 24.1 Å². The van der Waals surface area contributed by atoms with Gasteiger partial charge in [-0.1, -0.05) is 43.6 Å². The molecule has 0 amide bonds. The summed E-state index contributed by atoms with van der Waals surface area (Å²) < 4.78 is 29.6. The predicted molar refractivity (Wildman–Crippen MR) is 138 cm³/mol. The molecule has 0 radical (unpaired) electrons. The summed E-state index contributed by atoms with van der Waals surface area (Å²) in [7, 11) is -3.58. The summed E-state index contributed by atoms with van der Waals surface area (Å²) in [4.78, 5) is 12.1. The van der Waals surface area contributed by atoms with Crippen molar-refractivity contribution in [2.24, 2.45) is 5.92 Å². The van der Waals surface area contributed by atoms with Gasteiger partial charge in [0, 0.05) is 37.6 Å². The zero-order valence-electron chi connectivity index (χ0n) is 19.7. The predicted octanol–water partition coefficient (Wildman–Crippen LogP) is 4.18. The molecule has 1 fully saturated rings. The van der Waals surface area contributed by atoms with Gasteiger partial charge in [0.05, 0.1) is 22.2 Å². The van der Waals surface area contributed by atoms with Gasteiger partial charge < -0.3 is 4.90 Å². The molecule has 0 bridgehead atoms. The third-order valence-electron chi connectivity index (χ3n) is 6.04. The van der Waals surface area contributed by atoms with E-state index in [4.69, 9.17) is 21.6 Å². The molecule has 5 rings (SSSR count). The first-order chi connectivity index (χ1) is 16.8. The summed E-state index contributed by atoms with van der Waals surface area (Å²) in [5.41, 5.74) is 1.69. The van der Waals surface area contributed by atoms with Crippen LogP contribution in [0.4, 0.5) is 5.82 Å². The van der Waals surface area contributed by atoms with E-state index in [1.54, 1.807) is 30.5 Å². The summed E-state index contributed by atoms with van der Waals surface area (Å²) in [6.07, 6.45) is 2.54. The van der Waals surface area contributed by atoms with Crippen molar-refractivity contribution in [3.8, 4) is 5.69 Å². The first kappa shape index (κ1) is 23.7. The first-order valence-corrected chi connectivity index (χ1v) is 13.5. The van der Waals surface area contributed by atoms with Crippen molar-refractivity contribution in [3.05, 3.63) is 71.6 Å². The minimum absolute atomic E-state index is 0.253. The van der Waals surface area contributed by atoms with E-state index in [1.807, 2.05) is 35.0 Å². The second kappa shape index (κ2) is 9.56. The fourth-order valence-corrected chi connectivity index (χ4v) is 5.84. The summed E-state index contributed by atoms with van der Waals surface area (Å²) in [6.45, 7) is 6.06. The van der Waals surface area contributed by atoms with E-state index < -0.39 is 10.0 Å². The maximum absolute atomic E-state index is 13.1. The van der Waals surface area contributed by atoms with Crippen LogP contribution in [0.25, 0.3) is 16.7 Å². The molecular formula is C25H27ClN6O2S. The van der Waals surface area contributed by atoms with E-state index in [1.165, 1.54) is 4.31 Å². The Balaban J connectivity index is 1.46. The normalized spacial score (nSPS) is 15.3. The summed E-state index contributed by atoms with van der Waals surface area (Å²) in [5.74, 6) is 1.96. The summed E-state index contributed by atoms with van der Waals surface area (Å²) >= 11 is 5.93. The van der Waals surface area contributed by atoms with Crippen molar-refractivity contribution in [2.75, 3.05) is 31.1 Å². The molecule has 2 aromatic carbocycles. The van der Waals surface area contributed by atoms with Crippen LogP contribution in [0.1, 0.15) is 19.7 Å². The Morgan fingerprint density at radius 1 is 0.943 bits per heavy atom. The largest absolute Gasteiger partial charge is 0.353 e. The molecule has 4 aromatic rings. The molecular weight excluding hydrogens is 484 g/mol. The van der Waals surface area contributed by atoms with Crippen LogP contribution in [0, 0.1) is 5.92 Å². The molecule has 2 aromatic heterocycles. The van der Waals surface area contributed by atoms with Gasteiger partial charge in [0.25, 0.3) is 0 Å². The number of para-hydroxylation sites is 1. The number of rotatable bonds is 6. The molecule has 1 saturated heterocycles. The van der Waals surface area contributed by atoms with Crippen molar-refractivity contribution in [2.45, 2.75) is 25.2 Å². The van der Waals surface area contributed by atoms with E-state index in [2.05, 4.69) is 23.8 Å². The molecule has 0 unspecified atom stereocenters. The molecule has 182 valence electrons. The highest BCUT2D eigenvalue weighted by molar-refractivity contribution is 7.89. The Bertz CT molecular complexity index is 1430. The van der Waals surface area contributed by atoms with Crippen LogP contribution < -0.4 is 4.90 Å². The molecule has 0 atom stereocenters. The zero-order valence-corrected chi connectivity index (χ0v) is 21.2.